The van der Waals surface area contributed by atoms with Gasteiger partial charge in [-0.3, -0.25) is 14.4 Å². The third-order valence-electron chi connectivity index (χ3n) is 2.95. The van der Waals surface area contributed by atoms with Crippen molar-refractivity contribution in [1.29, 1.82) is 0 Å². The number of hydrogen-bond acceptors (Lipinski definition) is 5. The zero-order chi connectivity index (χ0) is 14.4. The van der Waals surface area contributed by atoms with Gasteiger partial charge in [0.15, 0.2) is 0 Å². The molecule has 108 valence electrons. The van der Waals surface area contributed by atoms with Crippen LogP contribution in [0.4, 0.5) is 0 Å². The summed E-state index contributed by atoms with van der Waals surface area (Å²) < 4.78 is 10.3. The van der Waals surface area contributed by atoms with Crippen LogP contribution in [-0.4, -0.2) is 36.4 Å². The van der Waals surface area contributed by atoms with E-state index in [9.17, 15) is 9.59 Å². The van der Waals surface area contributed by atoms with Crippen LogP contribution in [0.1, 0.15) is 18.9 Å². The molecule has 6 nitrogen and oxygen atoms in total. The smallest absolute Gasteiger partial charge is 0.305 e. The van der Waals surface area contributed by atoms with Crippen LogP contribution in [0, 0.1) is 0 Å². The number of rotatable bonds is 6. The summed E-state index contributed by atoms with van der Waals surface area (Å²) >= 11 is 0. The first-order chi connectivity index (χ1) is 9.70. The van der Waals surface area contributed by atoms with Crippen LogP contribution in [0.25, 0.3) is 0 Å². The summed E-state index contributed by atoms with van der Waals surface area (Å²) in [6.45, 7) is 1.99. The van der Waals surface area contributed by atoms with E-state index in [1.165, 1.54) is 6.92 Å². The quantitative estimate of drug-likeness (QED) is 0.445. The van der Waals surface area contributed by atoms with Gasteiger partial charge in [-0.25, -0.2) is 5.06 Å². The molecule has 0 N–H and O–H groups in total. The van der Waals surface area contributed by atoms with Crippen molar-refractivity contribution in [2.75, 3.05) is 6.61 Å². The summed E-state index contributed by atoms with van der Waals surface area (Å²) in [5.41, 5.74) is 0.947. The summed E-state index contributed by atoms with van der Waals surface area (Å²) in [6, 6.07) is 9.08. The Labute approximate surface area is 117 Å². The summed E-state index contributed by atoms with van der Waals surface area (Å²) in [5, 5.41) is 1.16. The van der Waals surface area contributed by atoms with Crippen molar-refractivity contribution >= 4 is 12.4 Å². The number of hydroxylamine groups is 2. The van der Waals surface area contributed by atoms with Crippen molar-refractivity contribution in [3.8, 4) is 0 Å². The molecule has 1 aliphatic heterocycles. The maximum absolute atomic E-state index is 11.1. The van der Waals surface area contributed by atoms with Crippen LogP contribution in [0.2, 0.25) is 0 Å². The molecule has 1 saturated heterocycles. The number of carbonyl (C=O) groups excluding carboxylic acids is 2. The molecule has 1 amide bonds. The Morgan fingerprint density at radius 3 is 2.85 bits per heavy atom. The highest BCUT2D eigenvalue weighted by molar-refractivity contribution is 5.66. The van der Waals surface area contributed by atoms with E-state index in [2.05, 4.69) is 0 Å². The topological polar surface area (TPSA) is 65.1 Å². The minimum absolute atomic E-state index is 0.267. The standard InChI is InChI=1S/C14H17NO5/c1-11(17)20-14-13(7-8-18-14)15(10-16)19-9-12-5-3-2-4-6-12/h2-6,10,13-14H,7-9H2,1H3/t13-,14?/m0/s1. The van der Waals surface area contributed by atoms with Crippen molar-refractivity contribution in [3.63, 3.8) is 0 Å². The number of esters is 1. The lowest BCUT2D eigenvalue weighted by Gasteiger charge is -2.26. The number of carbonyl (C=O) groups is 2. The molecule has 0 aliphatic carbocycles. The normalized spacial score (nSPS) is 21.4. The molecular weight excluding hydrogens is 262 g/mol. The Bertz CT molecular complexity index is 450. The van der Waals surface area contributed by atoms with Gasteiger partial charge in [0.1, 0.15) is 12.6 Å². The van der Waals surface area contributed by atoms with Crippen LogP contribution < -0.4 is 0 Å². The van der Waals surface area contributed by atoms with Gasteiger partial charge in [0, 0.05) is 6.92 Å². The Balaban J connectivity index is 1.93. The number of ether oxygens (including phenoxy) is 2. The summed E-state index contributed by atoms with van der Waals surface area (Å²) in [6.07, 6.45) is 0.373. The van der Waals surface area contributed by atoms with Gasteiger partial charge in [-0.2, -0.15) is 0 Å². The van der Waals surface area contributed by atoms with E-state index < -0.39 is 18.3 Å². The highest BCUT2D eigenvalue weighted by Crippen LogP contribution is 2.21. The predicted octanol–water partition coefficient (Wildman–Crippen LogP) is 1.25. The van der Waals surface area contributed by atoms with Gasteiger partial charge in [0.25, 0.3) is 0 Å². The molecular formula is C14H17NO5. The van der Waals surface area contributed by atoms with E-state index in [-0.39, 0.29) is 6.61 Å². The molecule has 1 aromatic rings. The summed E-state index contributed by atoms with van der Waals surface area (Å²) in [7, 11) is 0. The maximum atomic E-state index is 11.1. The second kappa shape index (κ2) is 7.02. The molecule has 1 unspecified atom stereocenters. The minimum Gasteiger partial charge on any atom is -0.434 e. The van der Waals surface area contributed by atoms with E-state index in [0.717, 1.165) is 10.6 Å². The molecule has 0 bridgehead atoms. The number of amides is 1. The van der Waals surface area contributed by atoms with Gasteiger partial charge >= 0.3 is 5.97 Å². The predicted molar refractivity (Wildman–Crippen MR) is 69.0 cm³/mol. The molecule has 2 rings (SSSR count). The van der Waals surface area contributed by atoms with E-state index in [0.29, 0.717) is 19.4 Å². The molecule has 0 aromatic heterocycles. The van der Waals surface area contributed by atoms with Crippen molar-refractivity contribution in [2.45, 2.75) is 32.3 Å². The molecule has 1 fully saturated rings. The first-order valence-corrected chi connectivity index (χ1v) is 6.40. The SMILES string of the molecule is CC(=O)OC1OCC[C@@H]1N(C=O)OCc1ccccc1. The lowest BCUT2D eigenvalue weighted by molar-refractivity contribution is -0.225. The van der Waals surface area contributed by atoms with Gasteiger partial charge in [0.05, 0.1) is 6.61 Å². The molecule has 20 heavy (non-hydrogen) atoms. The fraction of sp³-hybridized carbons (Fsp3) is 0.429. The zero-order valence-corrected chi connectivity index (χ0v) is 11.2. The van der Waals surface area contributed by atoms with E-state index in [1.54, 1.807) is 0 Å². The molecule has 0 radical (unpaired) electrons. The van der Waals surface area contributed by atoms with Crippen LogP contribution in [0.5, 0.6) is 0 Å². The number of nitrogens with zero attached hydrogens (tertiary/aromatic N) is 1. The molecule has 0 saturated carbocycles. The second-order valence-electron chi connectivity index (χ2n) is 4.43. The van der Waals surface area contributed by atoms with E-state index >= 15 is 0 Å². The van der Waals surface area contributed by atoms with Gasteiger partial charge in [0.2, 0.25) is 12.7 Å². The zero-order valence-electron chi connectivity index (χ0n) is 11.2. The first kappa shape index (κ1) is 14.5. The summed E-state index contributed by atoms with van der Waals surface area (Å²) in [5.74, 6) is -0.448. The lowest BCUT2D eigenvalue weighted by Crippen LogP contribution is -2.41. The van der Waals surface area contributed by atoms with Gasteiger partial charge in [-0.15, -0.1) is 0 Å². The summed E-state index contributed by atoms with van der Waals surface area (Å²) in [4.78, 5) is 27.6. The molecule has 0 spiro atoms. The Morgan fingerprint density at radius 2 is 2.20 bits per heavy atom. The number of hydrogen-bond donors (Lipinski definition) is 0. The van der Waals surface area contributed by atoms with Gasteiger partial charge in [-0.05, 0) is 12.0 Å². The number of benzene rings is 1. The Kier molecular flexibility index (Phi) is 5.09. The fourth-order valence-electron chi connectivity index (χ4n) is 2.00. The van der Waals surface area contributed by atoms with E-state index in [4.69, 9.17) is 14.3 Å². The van der Waals surface area contributed by atoms with Crippen LogP contribution >= 0.6 is 0 Å². The first-order valence-electron chi connectivity index (χ1n) is 6.40. The van der Waals surface area contributed by atoms with E-state index in [1.807, 2.05) is 30.3 Å². The Hall–Kier alpha value is -1.92. The average Bonchev–Trinajstić information content (AvgIpc) is 2.88. The van der Waals surface area contributed by atoms with Crippen molar-refractivity contribution in [3.05, 3.63) is 35.9 Å². The van der Waals surface area contributed by atoms with Crippen molar-refractivity contribution in [1.82, 2.24) is 5.06 Å². The van der Waals surface area contributed by atoms with Gasteiger partial charge in [-0.1, -0.05) is 30.3 Å². The minimum atomic E-state index is -0.770. The van der Waals surface area contributed by atoms with Crippen LogP contribution in [-0.2, 0) is 30.5 Å². The third kappa shape index (κ3) is 3.79. The maximum Gasteiger partial charge on any atom is 0.305 e. The lowest BCUT2D eigenvalue weighted by atomic mass is 10.2. The monoisotopic (exact) mass is 279 g/mol. The largest absolute Gasteiger partial charge is 0.434 e. The molecule has 1 aromatic carbocycles. The Morgan fingerprint density at radius 1 is 1.45 bits per heavy atom. The molecule has 6 heteroatoms. The van der Waals surface area contributed by atoms with Crippen LogP contribution in [0.3, 0.4) is 0 Å². The van der Waals surface area contributed by atoms with Crippen molar-refractivity contribution in [2.24, 2.45) is 0 Å². The average molecular weight is 279 g/mol. The van der Waals surface area contributed by atoms with Crippen molar-refractivity contribution < 1.29 is 23.9 Å². The molecule has 1 aliphatic rings. The molecule has 2 atom stereocenters. The fourth-order valence-corrected chi connectivity index (χ4v) is 2.00. The third-order valence-corrected chi connectivity index (χ3v) is 2.95. The highest BCUT2D eigenvalue weighted by atomic mass is 16.7. The molecule has 1 heterocycles. The second-order valence-corrected chi connectivity index (χ2v) is 4.43. The van der Waals surface area contributed by atoms with Gasteiger partial charge < -0.3 is 9.47 Å². The van der Waals surface area contributed by atoms with Crippen LogP contribution in [0.15, 0.2) is 30.3 Å². The highest BCUT2D eigenvalue weighted by Gasteiger charge is 2.36.